The number of hydrogen-bond donors (Lipinski definition) is 0. The zero-order valence-corrected chi connectivity index (χ0v) is 16.7. The van der Waals surface area contributed by atoms with E-state index in [4.69, 9.17) is 0 Å². The Morgan fingerprint density at radius 1 is 1.14 bits per heavy atom. The minimum Gasteiger partial charge on any atom is -0.334 e. The molecule has 6 heteroatoms. The number of fused-ring (bicyclic) bond motifs is 1. The van der Waals surface area contributed by atoms with Gasteiger partial charge in [-0.1, -0.05) is 12.1 Å². The highest BCUT2D eigenvalue weighted by molar-refractivity contribution is 5.94. The van der Waals surface area contributed by atoms with Crippen LogP contribution in [0.15, 0.2) is 36.7 Å². The van der Waals surface area contributed by atoms with Gasteiger partial charge in [0.05, 0.1) is 23.1 Å². The molecule has 0 bridgehead atoms. The zero-order valence-electron chi connectivity index (χ0n) is 16.7. The van der Waals surface area contributed by atoms with Crippen molar-refractivity contribution in [3.63, 3.8) is 0 Å². The third kappa shape index (κ3) is 3.36. The highest BCUT2D eigenvalue weighted by Crippen LogP contribution is 2.26. The molecule has 144 valence electrons. The summed E-state index contributed by atoms with van der Waals surface area (Å²) in [6.45, 7) is 6.94. The van der Waals surface area contributed by atoms with Crippen molar-refractivity contribution in [1.29, 1.82) is 5.26 Å². The Hall–Kier alpha value is -3.59. The number of rotatable bonds is 2. The zero-order chi connectivity index (χ0) is 20.5. The molecule has 0 atom stereocenters. The monoisotopic (exact) mass is 383 g/mol. The van der Waals surface area contributed by atoms with Gasteiger partial charge in [-0.05, 0) is 61.6 Å². The SMILES string of the molecule is Cc1cnnc(-c2ccc(C(=O)N3CCc4c(cnc(C)c4C#N)C3)cc2)c1C. The van der Waals surface area contributed by atoms with Gasteiger partial charge in [0, 0.05) is 30.4 Å². The van der Waals surface area contributed by atoms with Crippen molar-refractivity contribution in [3.05, 3.63) is 75.7 Å². The van der Waals surface area contributed by atoms with Crippen LogP contribution in [0, 0.1) is 32.1 Å². The highest BCUT2D eigenvalue weighted by Gasteiger charge is 2.24. The lowest BCUT2D eigenvalue weighted by atomic mass is 9.95. The smallest absolute Gasteiger partial charge is 0.254 e. The van der Waals surface area contributed by atoms with Gasteiger partial charge in [-0.15, -0.1) is 0 Å². The molecule has 4 rings (SSSR count). The van der Waals surface area contributed by atoms with Crippen LogP contribution in [0.3, 0.4) is 0 Å². The van der Waals surface area contributed by atoms with E-state index in [1.54, 1.807) is 12.4 Å². The van der Waals surface area contributed by atoms with Crippen LogP contribution in [-0.4, -0.2) is 32.5 Å². The fourth-order valence-corrected chi connectivity index (χ4v) is 3.73. The summed E-state index contributed by atoms with van der Waals surface area (Å²) in [6.07, 6.45) is 4.20. The Labute approximate surface area is 169 Å². The lowest BCUT2D eigenvalue weighted by Crippen LogP contribution is -2.36. The van der Waals surface area contributed by atoms with E-state index < -0.39 is 0 Å². The van der Waals surface area contributed by atoms with E-state index >= 15 is 0 Å². The molecule has 6 nitrogen and oxygen atoms in total. The molecule has 0 spiro atoms. The van der Waals surface area contributed by atoms with Crippen molar-refractivity contribution in [3.8, 4) is 17.3 Å². The number of carbonyl (C=O) groups excluding carboxylic acids is 1. The molecule has 3 aromatic rings. The van der Waals surface area contributed by atoms with Gasteiger partial charge in [0.15, 0.2) is 0 Å². The normalized spacial score (nSPS) is 13.0. The molecule has 1 aromatic carbocycles. The fraction of sp³-hybridized carbons (Fsp3) is 0.261. The average molecular weight is 383 g/mol. The van der Waals surface area contributed by atoms with E-state index in [-0.39, 0.29) is 5.91 Å². The van der Waals surface area contributed by atoms with Crippen molar-refractivity contribution in [2.45, 2.75) is 33.7 Å². The topological polar surface area (TPSA) is 82.8 Å². The van der Waals surface area contributed by atoms with Crippen molar-refractivity contribution >= 4 is 5.91 Å². The first-order chi connectivity index (χ1) is 14.0. The first-order valence-electron chi connectivity index (χ1n) is 9.55. The molecule has 0 saturated heterocycles. The predicted molar refractivity (Wildman–Crippen MR) is 109 cm³/mol. The maximum absolute atomic E-state index is 13.0. The van der Waals surface area contributed by atoms with E-state index in [9.17, 15) is 10.1 Å². The van der Waals surface area contributed by atoms with Crippen molar-refractivity contribution in [2.75, 3.05) is 6.54 Å². The fourth-order valence-electron chi connectivity index (χ4n) is 3.73. The summed E-state index contributed by atoms with van der Waals surface area (Å²) >= 11 is 0. The van der Waals surface area contributed by atoms with Crippen LogP contribution in [0.4, 0.5) is 0 Å². The lowest BCUT2D eigenvalue weighted by Gasteiger charge is -2.29. The minimum atomic E-state index is -0.0201. The summed E-state index contributed by atoms with van der Waals surface area (Å²) in [5.74, 6) is -0.0201. The quantitative estimate of drug-likeness (QED) is 0.676. The largest absolute Gasteiger partial charge is 0.334 e. The highest BCUT2D eigenvalue weighted by atomic mass is 16.2. The number of aromatic nitrogens is 3. The van der Waals surface area contributed by atoms with E-state index in [2.05, 4.69) is 21.3 Å². The molecule has 0 N–H and O–H groups in total. The Kier molecular flexibility index (Phi) is 4.81. The van der Waals surface area contributed by atoms with Crippen molar-refractivity contribution in [1.82, 2.24) is 20.1 Å². The summed E-state index contributed by atoms with van der Waals surface area (Å²) in [5.41, 5.74) is 7.95. The second-order valence-corrected chi connectivity index (χ2v) is 7.39. The van der Waals surface area contributed by atoms with E-state index in [1.165, 1.54) is 0 Å². The Bertz CT molecular complexity index is 1150. The van der Waals surface area contributed by atoms with Crippen molar-refractivity contribution in [2.24, 2.45) is 0 Å². The molecule has 0 radical (unpaired) electrons. The molecule has 0 unspecified atom stereocenters. The van der Waals surface area contributed by atoms with Crippen LogP contribution in [-0.2, 0) is 13.0 Å². The van der Waals surface area contributed by atoms with Gasteiger partial charge in [0.2, 0.25) is 0 Å². The number of carbonyl (C=O) groups is 1. The van der Waals surface area contributed by atoms with Crippen LogP contribution in [0.1, 0.15) is 43.9 Å². The van der Waals surface area contributed by atoms with E-state index in [1.807, 2.05) is 49.9 Å². The van der Waals surface area contributed by atoms with Crippen LogP contribution in [0.2, 0.25) is 0 Å². The molecular weight excluding hydrogens is 362 g/mol. The van der Waals surface area contributed by atoms with Crippen LogP contribution in [0.5, 0.6) is 0 Å². The number of amides is 1. The Balaban J connectivity index is 1.57. The summed E-state index contributed by atoms with van der Waals surface area (Å²) in [7, 11) is 0. The second-order valence-electron chi connectivity index (χ2n) is 7.39. The van der Waals surface area contributed by atoms with E-state index in [0.29, 0.717) is 30.6 Å². The van der Waals surface area contributed by atoms with Gasteiger partial charge in [0.25, 0.3) is 5.91 Å². The Morgan fingerprint density at radius 3 is 2.62 bits per heavy atom. The van der Waals surface area contributed by atoms with Crippen LogP contribution < -0.4 is 0 Å². The summed E-state index contributed by atoms with van der Waals surface area (Å²) in [6, 6.07) is 9.76. The minimum absolute atomic E-state index is 0.0201. The molecule has 2 aromatic heterocycles. The molecule has 29 heavy (non-hydrogen) atoms. The van der Waals surface area contributed by atoms with Crippen LogP contribution in [0.25, 0.3) is 11.3 Å². The third-order valence-electron chi connectivity index (χ3n) is 5.62. The summed E-state index contributed by atoms with van der Waals surface area (Å²) < 4.78 is 0. The summed E-state index contributed by atoms with van der Waals surface area (Å²) in [5, 5.41) is 17.7. The number of aryl methyl sites for hydroxylation is 2. The maximum Gasteiger partial charge on any atom is 0.254 e. The van der Waals surface area contributed by atoms with Gasteiger partial charge in [-0.2, -0.15) is 15.5 Å². The average Bonchev–Trinajstić information content (AvgIpc) is 2.75. The third-order valence-corrected chi connectivity index (χ3v) is 5.62. The molecular formula is C23H21N5O. The van der Waals surface area contributed by atoms with Crippen LogP contribution >= 0.6 is 0 Å². The molecule has 1 amide bonds. The lowest BCUT2D eigenvalue weighted by molar-refractivity contribution is 0.0734. The first kappa shape index (κ1) is 18.8. The number of pyridine rings is 1. The number of benzene rings is 1. The number of nitriles is 1. The molecule has 1 aliphatic heterocycles. The summed E-state index contributed by atoms with van der Waals surface area (Å²) in [4.78, 5) is 19.1. The standard InChI is InChI=1S/C23H21N5O/c1-14-11-26-27-22(15(14)2)17-4-6-18(7-5-17)23(29)28-9-8-20-19(13-28)12-25-16(3)21(20)10-24/h4-7,11-12H,8-9,13H2,1-3H3. The molecule has 1 aliphatic rings. The molecule has 0 saturated carbocycles. The Morgan fingerprint density at radius 2 is 1.90 bits per heavy atom. The number of nitrogens with zero attached hydrogens (tertiary/aromatic N) is 5. The van der Waals surface area contributed by atoms with Gasteiger partial charge in [-0.25, -0.2) is 0 Å². The van der Waals surface area contributed by atoms with Gasteiger partial charge < -0.3 is 4.90 Å². The van der Waals surface area contributed by atoms with E-state index in [0.717, 1.165) is 39.2 Å². The predicted octanol–water partition coefficient (Wildman–Crippen LogP) is 3.53. The van der Waals surface area contributed by atoms with Gasteiger partial charge >= 0.3 is 0 Å². The van der Waals surface area contributed by atoms with Crippen molar-refractivity contribution < 1.29 is 4.79 Å². The van der Waals surface area contributed by atoms with Gasteiger partial charge in [0.1, 0.15) is 6.07 Å². The molecule has 3 heterocycles. The second kappa shape index (κ2) is 7.44. The van der Waals surface area contributed by atoms with Gasteiger partial charge in [-0.3, -0.25) is 9.78 Å². The maximum atomic E-state index is 13.0. The first-order valence-corrected chi connectivity index (χ1v) is 9.55. The molecule has 0 fully saturated rings. The molecule has 0 aliphatic carbocycles. The number of hydrogen-bond acceptors (Lipinski definition) is 5.